The highest BCUT2D eigenvalue weighted by Crippen LogP contribution is 2.38. The lowest BCUT2D eigenvalue weighted by Crippen LogP contribution is -2.38. The molecule has 0 amide bonds. The Kier molecular flexibility index (Phi) is 6.13. The molecule has 1 aliphatic carbocycles. The first-order valence-electron chi connectivity index (χ1n) is 11.0. The number of rotatable bonds is 3. The van der Waals surface area contributed by atoms with Crippen molar-refractivity contribution in [1.29, 1.82) is 0 Å². The van der Waals surface area contributed by atoms with E-state index >= 15 is 0 Å². The maximum absolute atomic E-state index is 13.6. The molecule has 0 bridgehead atoms. The number of aromatic nitrogens is 2. The minimum absolute atomic E-state index is 0.0711. The minimum Gasteiger partial charge on any atom is -0.291 e. The molecule has 1 heterocycles. The summed E-state index contributed by atoms with van der Waals surface area (Å²) in [5.74, 6) is 0.0711. The molecule has 1 aliphatic rings. The highest BCUT2D eigenvalue weighted by molar-refractivity contribution is 6.14. The lowest BCUT2D eigenvalue weighted by Gasteiger charge is -2.31. The van der Waals surface area contributed by atoms with Gasteiger partial charge in [-0.25, -0.2) is 4.68 Å². The Labute approximate surface area is 184 Å². The van der Waals surface area contributed by atoms with E-state index in [-0.39, 0.29) is 22.2 Å². The molecule has 4 nitrogen and oxygen atoms in total. The van der Waals surface area contributed by atoms with Crippen LogP contribution in [-0.4, -0.2) is 15.6 Å². The van der Waals surface area contributed by atoms with Crippen LogP contribution in [0, 0.1) is 10.8 Å². The number of para-hydroxylation sites is 1. The topological polar surface area (TPSA) is 54.9 Å². The Hall–Kier alpha value is -2.88. The van der Waals surface area contributed by atoms with Crippen molar-refractivity contribution < 1.29 is 4.79 Å². The zero-order chi connectivity index (χ0) is 23.0. The smallest absolute Gasteiger partial charge is 0.279 e. The highest BCUT2D eigenvalue weighted by Gasteiger charge is 2.34. The summed E-state index contributed by atoms with van der Waals surface area (Å²) in [6.45, 7) is 14.4. The molecule has 1 aromatic carbocycles. The summed E-state index contributed by atoms with van der Waals surface area (Å²) in [5, 5.41) is 4.72. The van der Waals surface area contributed by atoms with Gasteiger partial charge >= 0.3 is 0 Å². The Morgan fingerprint density at radius 3 is 1.94 bits per heavy atom. The monoisotopic (exact) mass is 418 g/mol. The van der Waals surface area contributed by atoms with E-state index in [9.17, 15) is 9.59 Å². The van der Waals surface area contributed by atoms with Gasteiger partial charge in [0.25, 0.3) is 5.56 Å². The number of carbonyl (C=O) groups excluding carboxylic acids is 1. The summed E-state index contributed by atoms with van der Waals surface area (Å²) in [6.07, 6.45) is 7.76. The fourth-order valence-corrected chi connectivity index (χ4v) is 3.82. The van der Waals surface area contributed by atoms with Crippen molar-refractivity contribution in [2.75, 3.05) is 0 Å². The van der Waals surface area contributed by atoms with Crippen molar-refractivity contribution in [3.63, 3.8) is 0 Å². The van der Waals surface area contributed by atoms with Crippen molar-refractivity contribution >= 4 is 17.4 Å². The normalized spacial score (nSPS) is 15.9. The molecule has 0 spiro atoms. The van der Waals surface area contributed by atoms with E-state index in [1.807, 2.05) is 84.0 Å². The van der Waals surface area contributed by atoms with E-state index in [1.165, 1.54) is 0 Å². The van der Waals surface area contributed by atoms with Crippen molar-refractivity contribution in [2.24, 2.45) is 10.8 Å². The summed E-state index contributed by atoms with van der Waals surface area (Å²) < 4.78 is 1.59. The summed E-state index contributed by atoms with van der Waals surface area (Å²) in [4.78, 5) is 26.9. The molecule has 0 atom stereocenters. The van der Waals surface area contributed by atoms with Crippen LogP contribution in [0.2, 0.25) is 0 Å². The van der Waals surface area contributed by atoms with Crippen LogP contribution >= 0.6 is 0 Å². The number of H-pyrrole nitrogens is 1. The SMILES string of the molecule is CCCC=c1[nH]n(-c2ccccc2)c(=O)c1=C1C=C(C(C)(C)C)C(=O)C(C(C)(C)C)=C1. The number of hydrogen-bond donors (Lipinski definition) is 1. The number of hydrogen-bond acceptors (Lipinski definition) is 2. The zero-order valence-corrected chi connectivity index (χ0v) is 19.8. The van der Waals surface area contributed by atoms with Crippen LogP contribution in [0.3, 0.4) is 0 Å². The Morgan fingerprint density at radius 1 is 0.903 bits per heavy atom. The molecule has 0 saturated carbocycles. The summed E-state index contributed by atoms with van der Waals surface area (Å²) in [5.41, 5.74) is 2.31. The summed E-state index contributed by atoms with van der Waals surface area (Å²) in [7, 11) is 0. The Morgan fingerprint density at radius 2 is 1.45 bits per heavy atom. The van der Waals surface area contributed by atoms with Gasteiger partial charge in [0.1, 0.15) is 0 Å². The second-order valence-corrected chi connectivity index (χ2v) is 10.3. The van der Waals surface area contributed by atoms with Crippen LogP contribution in [0.1, 0.15) is 61.3 Å². The maximum Gasteiger partial charge on any atom is 0.279 e. The lowest BCUT2D eigenvalue weighted by molar-refractivity contribution is -0.114. The average Bonchev–Trinajstić information content (AvgIpc) is 3.01. The van der Waals surface area contributed by atoms with E-state index in [0.717, 1.165) is 40.6 Å². The van der Waals surface area contributed by atoms with Crippen molar-refractivity contribution in [3.05, 3.63) is 74.6 Å². The van der Waals surface area contributed by atoms with Crippen molar-refractivity contribution in [3.8, 4) is 5.69 Å². The van der Waals surface area contributed by atoms with Gasteiger partial charge in [-0.3, -0.25) is 14.7 Å². The number of carbonyl (C=O) groups is 1. The van der Waals surface area contributed by atoms with Gasteiger partial charge in [-0.05, 0) is 47.1 Å². The lowest BCUT2D eigenvalue weighted by atomic mass is 9.72. The fourth-order valence-electron chi connectivity index (χ4n) is 3.82. The van der Waals surface area contributed by atoms with Crippen LogP contribution in [-0.2, 0) is 4.79 Å². The number of aromatic amines is 1. The molecule has 0 aliphatic heterocycles. The second-order valence-electron chi connectivity index (χ2n) is 10.3. The quantitative estimate of drug-likeness (QED) is 0.802. The fraction of sp³-hybridized carbons (Fsp3) is 0.407. The van der Waals surface area contributed by atoms with Crippen molar-refractivity contribution in [2.45, 2.75) is 61.3 Å². The molecule has 0 unspecified atom stereocenters. The average molecular weight is 419 g/mol. The zero-order valence-electron chi connectivity index (χ0n) is 19.8. The van der Waals surface area contributed by atoms with E-state index in [1.54, 1.807) is 4.68 Å². The molecular weight excluding hydrogens is 384 g/mol. The first-order valence-corrected chi connectivity index (χ1v) is 11.0. The standard InChI is InChI=1S/C27H34N2O2/c1-8-9-15-22-23(25(31)29(28-22)19-13-11-10-12-14-19)18-16-20(26(2,3)4)24(30)21(17-18)27(5,6)7/h10-17,28H,8-9H2,1-7H3. The Bertz CT molecular complexity index is 1190. The number of ketones is 1. The summed E-state index contributed by atoms with van der Waals surface area (Å²) in [6, 6.07) is 9.58. The minimum atomic E-state index is -0.324. The molecule has 1 aromatic heterocycles. The van der Waals surface area contributed by atoms with Crippen LogP contribution in [0.15, 0.2) is 58.4 Å². The molecule has 2 aromatic rings. The number of unbranched alkanes of at least 4 members (excludes halogenated alkanes) is 1. The van der Waals surface area contributed by atoms with E-state index in [4.69, 9.17) is 0 Å². The number of Topliss-reactive ketones (excluding diaryl/α,β-unsaturated/α-hetero) is 1. The van der Waals surface area contributed by atoms with Gasteiger partial charge in [0, 0.05) is 11.1 Å². The molecule has 4 heteroatoms. The second kappa shape index (κ2) is 8.33. The van der Waals surface area contributed by atoms with Gasteiger partial charge in [0.05, 0.1) is 16.3 Å². The third-order valence-corrected chi connectivity index (χ3v) is 5.56. The van der Waals surface area contributed by atoms with Crippen LogP contribution < -0.4 is 16.1 Å². The molecule has 0 saturated heterocycles. The number of benzene rings is 1. The van der Waals surface area contributed by atoms with Crippen molar-refractivity contribution in [1.82, 2.24) is 9.78 Å². The molecule has 164 valence electrons. The van der Waals surface area contributed by atoms with Gasteiger partial charge in [0.2, 0.25) is 0 Å². The predicted molar refractivity (Wildman–Crippen MR) is 129 cm³/mol. The highest BCUT2D eigenvalue weighted by atomic mass is 16.1. The van der Waals surface area contributed by atoms with E-state index in [2.05, 4.69) is 18.1 Å². The Balaban J connectivity index is 2.47. The van der Waals surface area contributed by atoms with Crippen LogP contribution in [0.4, 0.5) is 0 Å². The van der Waals surface area contributed by atoms with E-state index < -0.39 is 0 Å². The molecular formula is C27H34N2O2. The maximum atomic E-state index is 13.6. The number of nitrogens with one attached hydrogen (secondary N) is 1. The van der Waals surface area contributed by atoms with Crippen LogP contribution in [0.25, 0.3) is 17.3 Å². The molecule has 1 N–H and O–H groups in total. The molecule has 3 rings (SSSR count). The van der Waals surface area contributed by atoms with Gasteiger partial charge in [0.15, 0.2) is 5.78 Å². The van der Waals surface area contributed by atoms with Gasteiger partial charge in [-0.1, -0.05) is 79.2 Å². The first kappa shape index (κ1) is 22.8. The molecule has 0 fully saturated rings. The predicted octanol–water partition coefficient (Wildman–Crippen LogP) is 4.42. The first-order chi connectivity index (χ1) is 14.4. The summed E-state index contributed by atoms with van der Waals surface area (Å²) >= 11 is 0. The third kappa shape index (κ3) is 4.58. The van der Waals surface area contributed by atoms with Gasteiger partial charge < -0.3 is 0 Å². The largest absolute Gasteiger partial charge is 0.291 e. The third-order valence-electron chi connectivity index (χ3n) is 5.56. The van der Waals surface area contributed by atoms with E-state index in [0.29, 0.717) is 5.22 Å². The molecule has 0 radical (unpaired) electrons. The van der Waals surface area contributed by atoms with Gasteiger partial charge in [-0.2, -0.15) is 0 Å². The van der Waals surface area contributed by atoms with Gasteiger partial charge in [-0.15, -0.1) is 0 Å². The van der Waals surface area contributed by atoms with Crippen LogP contribution in [0.5, 0.6) is 0 Å². The number of nitrogens with zero attached hydrogens (tertiary/aromatic N) is 1. The molecule has 31 heavy (non-hydrogen) atoms. The number of allylic oxidation sites excluding steroid dienone is 4.